The largest absolute Gasteiger partial charge is 0.493 e. The summed E-state index contributed by atoms with van der Waals surface area (Å²) < 4.78 is 13.0. The van der Waals surface area contributed by atoms with Crippen molar-refractivity contribution in [1.82, 2.24) is 19.4 Å². The molecule has 0 aliphatic heterocycles. The molecule has 1 saturated carbocycles. The second-order valence-corrected chi connectivity index (χ2v) is 8.35. The molecule has 1 N–H and O–H groups in total. The van der Waals surface area contributed by atoms with Crippen LogP contribution in [0.5, 0.6) is 11.5 Å². The average Bonchev–Trinajstić information content (AvgIpc) is 3.59. The first-order valence-corrected chi connectivity index (χ1v) is 11.2. The van der Waals surface area contributed by atoms with Gasteiger partial charge in [-0.15, -0.1) is 0 Å². The fourth-order valence-corrected chi connectivity index (χ4v) is 4.25. The number of ether oxygens (including phenoxy) is 2. The van der Waals surface area contributed by atoms with Gasteiger partial charge in [-0.25, -0.2) is 4.98 Å². The monoisotopic (exact) mass is 450 g/mol. The van der Waals surface area contributed by atoms with Gasteiger partial charge in [0.05, 0.1) is 31.7 Å². The van der Waals surface area contributed by atoms with Gasteiger partial charge in [-0.05, 0) is 57.4 Å². The van der Waals surface area contributed by atoms with Crippen LogP contribution in [-0.4, -0.2) is 46.1 Å². The standard InChI is InChI=1S/C25H30N4O4/c1-6-28(24(30)10-7-17-11-15(2)29(16(17)3)18-8-9-18)14-23-26-20-13-22(33-5)21(32-4)12-19(20)25(31)27-23/h7,10-13,18H,6,8-9,14H2,1-5H3,(H,26,27,31). The highest BCUT2D eigenvalue weighted by molar-refractivity contribution is 5.92. The molecule has 0 spiro atoms. The molecule has 1 aliphatic carbocycles. The minimum absolute atomic E-state index is 0.135. The Morgan fingerprint density at radius 3 is 2.55 bits per heavy atom. The number of H-pyrrole nitrogens is 1. The van der Waals surface area contributed by atoms with E-state index in [2.05, 4.69) is 34.4 Å². The molecule has 2 heterocycles. The van der Waals surface area contributed by atoms with E-state index in [0.29, 0.717) is 40.8 Å². The maximum atomic E-state index is 12.9. The van der Waals surface area contributed by atoms with Crippen LogP contribution in [0, 0.1) is 13.8 Å². The summed E-state index contributed by atoms with van der Waals surface area (Å²) in [5.74, 6) is 1.23. The van der Waals surface area contributed by atoms with E-state index in [4.69, 9.17) is 9.47 Å². The van der Waals surface area contributed by atoms with Crippen LogP contribution < -0.4 is 15.0 Å². The lowest BCUT2D eigenvalue weighted by atomic mass is 10.2. The van der Waals surface area contributed by atoms with Crippen LogP contribution in [0.1, 0.15) is 48.6 Å². The van der Waals surface area contributed by atoms with Crippen molar-refractivity contribution >= 4 is 22.9 Å². The maximum absolute atomic E-state index is 12.9. The number of methoxy groups -OCH3 is 2. The molecule has 1 aromatic carbocycles. The van der Waals surface area contributed by atoms with Crippen molar-refractivity contribution in [3.8, 4) is 11.5 Å². The van der Waals surface area contributed by atoms with Crippen LogP contribution in [0.25, 0.3) is 17.0 Å². The van der Waals surface area contributed by atoms with Crippen molar-refractivity contribution in [2.45, 2.75) is 46.2 Å². The molecule has 0 saturated heterocycles. The van der Waals surface area contributed by atoms with Gasteiger partial charge in [0.1, 0.15) is 5.82 Å². The Morgan fingerprint density at radius 1 is 1.21 bits per heavy atom. The number of rotatable bonds is 8. The number of carbonyl (C=O) groups is 1. The Morgan fingerprint density at radius 2 is 1.91 bits per heavy atom. The molecule has 2 aromatic heterocycles. The van der Waals surface area contributed by atoms with Crippen LogP contribution in [0.2, 0.25) is 0 Å². The number of aryl methyl sites for hydroxylation is 1. The summed E-state index contributed by atoms with van der Waals surface area (Å²) in [6, 6.07) is 6.00. The van der Waals surface area contributed by atoms with E-state index in [1.165, 1.54) is 38.4 Å². The predicted molar refractivity (Wildman–Crippen MR) is 128 cm³/mol. The van der Waals surface area contributed by atoms with E-state index < -0.39 is 0 Å². The Bertz CT molecular complexity index is 1280. The molecule has 1 fully saturated rings. The number of likely N-dealkylation sites (N-methyl/N-ethyl adjacent to an activating group) is 1. The van der Waals surface area contributed by atoms with E-state index in [9.17, 15) is 9.59 Å². The fraction of sp³-hybridized carbons (Fsp3) is 0.400. The lowest BCUT2D eigenvalue weighted by Crippen LogP contribution is -2.30. The number of carbonyl (C=O) groups excluding carboxylic acids is 1. The van der Waals surface area contributed by atoms with Gasteiger partial charge in [0.15, 0.2) is 11.5 Å². The summed E-state index contributed by atoms with van der Waals surface area (Å²) in [6.45, 7) is 6.78. The number of hydrogen-bond donors (Lipinski definition) is 1. The lowest BCUT2D eigenvalue weighted by molar-refractivity contribution is -0.126. The van der Waals surface area contributed by atoms with Crippen molar-refractivity contribution in [2.75, 3.05) is 20.8 Å². The molecule has 3 aromatic rings. The van der Waals surface area contributed by atoms with Gasteiger partial charge in [-0.2, -0.15) is 0 Å². The number of nitrogens with one attached hydrogen (secondary N) is 1. The second-order valence-electron chi connectivity index (χ2n) is 8.35. The van der Waals surface area contributed by atoms with Crippen molar-refractivity contribution in [2.24, 2.45) is 0 Å². The molecule has 0 atom stereocenters. The molecule has 174 valence electrons. The van der Waals surface area contributed by atoms with Crippen LogP contribution >= 0.6 is 0 Å². The number of hydrogen-bond acceptors (Lipinski definition) is 5. The van der Waals surface area contributed by atoms with E-state index in [0.717, 1.165) is 5.56 Å². The van der Waals surface area contributed by atoms with Gasteiger partial charge < -0.3 is 23.9 Å². The summed E-state index contributed by atoms with van der Waals surface area (Å²) in [7, 11) is 3.05. The molecule has 1 amide bonds. The first-order valence-electron chi connectivity index (χ1n) is 11.2. The van der Waals surface area contributed by atoms with Gasteiger partial charge in [0, 0.05) is 36.1 Å². The minimum atomic E-state index is -0.289. The molecule has 0 radical (unpaired) electrons. The van der Waals surface area contributed by atoms with Gasteiger partial charge in [0.2, 0.25) is 5.91 Å². The van der Waals surface area contributed by atoms with E-state index >= 15 is 0 Å². The first-order chi connectivity index (χ1) is 15.9. The van der Waals surface area contributed by atoms with Crippen molar-refractivity contribution in [1.29, 1.82) is 0 Å². The van der Waals surface area contributed by atoms with Crippen molar-refractivity contribution in [3.05, 3.63) is 57.4 Å². The van der Waals surface area contributed by atoms with Gasteiger partial charge >= 0.3 is 0 Å². The lowest BCUT2D eigenvalue weighted by Gasteiger charge is -2.18. The molecule has 8 nitrogen and oxygen atoms in total. The van der Waals surface area contributed by atoms with Crippen LogP contribution in [-0.2, 0) is 11.3 Å². The number of amides is 1. The highest BCUT2D eigenvalue weighted by Crippen LogP contribution is 2.38. The number of fused-ring (bicyclic) bond motifs is 1. The van der Waals surface area contributed by atoms with Crippen LogP contribution in [0.4, 0.5) is 0 Å². The first kappa shape index (κ1) is 22.6. The molecule has 4 rings (SSSR count). The zero-order chi connectivity index (χ0) is 23.7. The van der Waals surface area contributed by atoms with Gasteiger partial charge in [-0.1, -0.05) is 0 Å². The summed E-state index contributed by atoms with van der Waals surface area (Å²) in [5, 5.41) is 0.400. The number of aromatic amines is 1. The summed E-state index contributed by atoms with van der Waals surface area (Å²) in [5.41, 5.74) is 3.66. The quantitative estimate of drug-likeness (QED) is 0.528. The average molecular weight is 451 g/mol. The second kappa shape index (κ2) is 9.13. The molecule has 0 bridgehead atoms. The third-order valence-electron chi connectivity index (χ3n) is 6.13. The van der Waals surface area contributed by atoms with E-state index in [-0.39, 0.29) is 18.0 Å². The summed E-state index contributed by atoms with van der Waals surface area (Å²) >= 11 is 0. The Labute approximate surface area is 192 Å². The zero-order valence-electron chi connectivity index (χ0n) is 19.8. The number of aromatic nitrogens is 3. The van der Waals surface area contributed by atoms with Gasteiger partial charge in [0.25, 0.3) is 5.56 Å². The van der Waals surface area contributed by atoms with E-state index in [1.54, 1.807) is 23.1 Å². The van der Waals surface area contributed by atoms with Gasteiger partial charge in [-0.3, -0.25) is 9.59 Å². The topological polar surface area (TPSA) is 89.5 Å². The molecular formula is C25H30N4O4. The molecule has 0 unspecified atom stereocenters. The SMILES string of the molecule is CCN(Cc1nc2cc(OC)c(OC)cc2c(=O)[nH]1)C(=O)C=Cc1cc(C)n(C2CC2)c1C. The highest BCUT2D eigenvalue weighted by Gasteiger charge is 2.26. The highest BCUT2D eigenvalue weighted by atomic mass is 16.5. The zero-order valence-corrected chi connectivity index (χ0v) is 19.8. The number of benzene rings is 1. The summed E-state index contributed by atoms with van der Waals surface area (Å²) in [4.78, 5) is 34.5. The fourth-order valence-electron chi connectivity index (χ4n) is 4.25. The van der Waals surface area contributed by atoms with Crippen molar-refractivity contribution in [3.63, 3.8) is 0 Å². The molecule has 1 aliphatic rings. The van der Waals surface area contributed by atoms with Crippen molar-refractivity contribution < 1.29 is 14.3 Å². The molecule has 33 heavy (non-hydrogen) atoms. The predicted octanol–water partition coefficient (Wildman–Crippen LogP) is 3.76. The third-order valence-corrected chi connectivity index (χ3v) is 6.13. The Kier molecular flexibility index (Phi) is 6.26. The third kappa shape index (κ3) is 4.51. The Hall–Kier alpha value is -3.55. The smallest absolute Gasteiger partial charge is 0.258 e. The van der Waals surface area contributed by atoms with Crippen LogP contribution in [0.3, 0.4) is 0 Å². The van der Waals surface area contributed by atoms with Crippen LogP contribution in [0.15, 0.2) is 29.1 Å². The Balaban J connectivity index is 1.56. The summed E-state index contributed by atoms with van der Waals surface area (Å²) in [6.07, 6.45) is 5.91. The molecular weight excluding hydrogens is 420 g/mol. The normalized spacial score (nSPS) is 13.6. The maximum Gasteiger partial charge on any atom is 0.258 e. The minimum Gasteiger partial charge on any atom is -0.493 e. The number of nitrogens with zero attached hydrogens (tertiary/aromatic N) is 3. The molecule has 8 heteroatoms. The van der Waals surface area contributed by atoms with E-state index in [1.807, 2.05) is 13.0 Å².